The smallest absolute Gasteiger partial charge is 0.259 e. The first-order valence-corrected chi connectivity index (χ1v) is 6.55. The van der Waals surface area contributed by atoms with Crippen molar-refractivity contribution in [2.75, 3.05) is 12.4 Å². The van der Waals surface area contributed by atoms with Crippen LogP contribution < -0.4 is 15.8 Å². The Kier molecular flexibility index (Phi) is 4.45. The summed E-state index contributed by atoms with van der Waals surface area (Å²) in [6.45, 7) is 1.84. The van der Waals surface area contributed by atoms with Gasteiger partial charge in [-0.1, -0.05) is 18.2 Å². The van der Waals surface area contributed by atoms with Gasteiger partial charge < -0.3 is 20.9 Å². The van der Waals surface area contributed by atoms with Crippen LogP contribution in [-0.2, 0) is 0 Å². The number of benzene rings is 2. The molecule has 2 aromatic carbocycles. The van der Waals surface area contributed by atoms with Crippen molar-refractivity contribution >= 4 is 11.6 Å². The Balaban J connectivity index is 2.30. The van der Waals surface area contributed by atoms with Crippen molar-refractivity contribution < 1.29 is 14.6 Å². The SMILES string of the molecule is COc1ccc(O)c(C(=O)Nc2ccccc2C(C)N)c1. The van der Waals surface area contributed by atoms with Gasteiger partial charge in [-0.05, 0) is 36.8 Å². The molecule has 5 nitrogen and oxygen atoms in total. The Hall–Kier alpha value is -2.53. The van der Waals surface area contributed by atoms with Gasteiger partial charge in [0.25, 0.3) is 5.91 Å². The number of methoxy groups -OCH3 is 1. The normalized spacial score (nSPS) is 11.8. The van der Waals surface area contributed by atoms with Crippen LogP contribution in [0.4, 0.5) is 5.69 Å². The molecule has 110 valence electrons. The van der Waals surface area contributed by atoms with E-state index in [1.807, 2.05) is 25.1 Å². The van der Waals surface area contributed by atoms with Gasteiger partial charge in [-0.15, -0.1) is 0 Å². The van der Waals surface area contributed by atoms with Crippen LogP contribution in [0.3, 0.4) is 0 Å². The number of hydrogen-bond acceptors (Lipinski definition) is 4. The molecule has 0 bridgehead atoms. The lowest BCUT2D eigenvalue weighted by atomic mass is 10.1. The van der Waals surface area contributed by atoms with E-state index in [4.69, 9.17) is 10.5 Å². The molecule has 0 radical (unpaired) electrons. The van der Waals surface area contributed by atoms with Gasteiger partial charge in [0.2, 0.25) is 0 Å². The van der Waals surface area contributed by atoms with Crippen molar-refractivity contribution in [2.45, 2.75) is 13.0 Å². The van der Waals surface area contributed by atoms with E-state index in [-0.39, 0.29) is 17.4 Å². The Morgan fingerprint density at radius 2 is 2.00 bits per heavy atom. The minimum absolute atomic E-state index is 0.105. The monoisotopic (exact) mass is 286 g/mol. The first kappa shape index (κ1) is 14.9. The number of rotatable bonds is 4. The Labute approximate surface area is 123 Å². The first-order valence-electron chi connectivity index (χ1n) is 6.55. The molecule has 5 heteroatoms. The summed E-state index contributed by atoms with van der Waals surface area (Å²) < 4.78 is 5.06. The van der Waals surface area contributed by atoms with Crippen LogP contribution in [0.1, 0.15) is 28.9 Å². The Morgan fingerprint density at radius 3 is 2.67 bits per heavy atom. The lowest BCUT2D eigenvalue weighted by Crippen LogP contribution is -2.16. The third-order valence-electron chi connectivity index (χ3n) is 3.15. The summed E-state index contributed by atoms with van der Waals surface area (Å²) in [6.07, 6.45) is 0. The van der Waals surface area contributed by atoms with Crippen LogP contribution in [0, 0.1) is 0 Å². The molecule has 0 aliphatic heterocycles. The fourth-order valence-corrected chi connectivity index (χ4v) is 2.02. The molecule has 0 aliphatic carbocycles. The lowest BCUT2D eigenvalue weighted by Gasteiger charge is -2.14. The van der Waals surface area contributed by atoms with Gasteiger partial charge in [0.05, 0.1) is 12.7 Å². The molecule has 0 fully saturated rings. The highest BCUT2D eigenvalue weighted by molar-refractivity contribution is 6.06. The van der Waals surface area contributed by atoms with Crippen molar-refractivity contribution in [3.63, 3.8) is 0 Å². The van der Waals surface area contributed by atoms with E-state index in [0.29, 0.717) is 11.4 Å². The van der Waals surface area contributed by atoms with Gasteiger partial charge in [0.15, 0.2) is 0 Å². The fourth-order valence-electron chi connectivity index (χ4n) is 2.02. The van der Waals surface area contributed by atoms with E-state index < -0.39 is 5.91 Å². The summed E-state index contributed by atoms with van der Waals surface area (Å²) >= 11 is 0. The number of phenols is 1. The van der Waals surface area contributed by atoms with Crippen LogP contribution >= 0.6 is 0 Å². The number of aromatic hydroxyl groups is 1. The molecule has 0 aromatic heterocycles. The quantitative estimate of drug-likeness (QED) is 0.806. The number of para-hydroxylation sites is 1. The number of carbonyl (C=O) groups excluding carboxylic acids is 1. The number of phenolic OH excluding ortho intramolecular Hbond substituents is 1. The van der Waals surface area contributed by atoms with Gasteiger partial charge in [-0.3, -0.25) is 4.79 Å². The van der Waals surface area contributed by atoms with Crippen LogP contribution in [0.5, 0.6) is 11.5 Å². The maximum Gasteiger partial charge on any atom is 0.259 e. The minimum Gasteiger partial charge on any atom is -0.507 e. The molecule has 0 spiro atoms. The topological polar surface area (TPSA) is 84.6 Å². The molecule has 0 aliphatic rings. The second-order valence-electron chi connectivity index (χ2n) is 4.71. The number of amides is 1. The summed E-state index contributed by atoms with van der Waals surface area (Å²) in [4.78, 5) is 12.3. The molecule has 0 heterocycles. The summed E-state index contributed by atoms with van der Waals surface area (Å²) in [6, 6.07) is 11.6. The van der Waals surface area contributed by atoms with Gasteiger partial charge in [0, 0.05) is 11.7 Å². The highest BCUT2D eigenvalue weighted by atomic mass is 16.5. The molecule has 1 unspecified atom stereocenters. The zero-order valence-electron chi connectivity index (χ0n) is 12.0. The lowest BCUT2D eigenvalue weighted by molar-refractivity contribution is 0.102. The summed E-state index contributed by atoms with van der Waals surface area (Å²) in [5, 5.41) is 12.6. The number of nitrogens with two attached hydrogens (primary N) is 1. The Bertz CT molecular complexity index is 654. The van der Waals surface area contributed by atoms with E-state index in [1.54, 1.807) is 12.1 Å². The van der Waals surface area contributed by atoms with Gasteiger partial charge in [-0.2, -0.15) is 0 Å². The number of nitrogens with one attached hydrogen (secondary N) is 1. The van der Waals surface area contributed by atoms with E-state index in [0.717, 1.165) is 5.56 Å². The number of ether oxygens (including phenoxy) is 1. The predicted octanol–water partition coefficient (Wildman–Crippen LogP) is 2.67. The standard InChI is InChI=1S/C16H18N2O3/c1-10(17)12-5-3-4-6-14(12)18-16(20)13-9-11(21-2)7-8-15(13)19/h3-10,19H,17H2,1-2H3,(H,18,20). The van der Waals surface area contributed by atoms with Crippen LogP contribution in [-0.4, -0.2) is 18.1 Å². The fraction of sp³-hybridized carbons (Fsp3) is 0.188. The van der Waals surface area contributed by atoms with Crippen LogP contribution in [0.25, 0.3) is 0 Å². The zero-order valence-corrected chi connectivity index (χ0v) is 12.0. The second-order valence-corrected chi connectivity index (χ2v) is 4.71. The van der Waals surface area contributed by atoms with Gasteiger partial charge in [-0.25, -0.2) is 0 Å². The number of hydrogen-bond donors (Lipinski definition) is 3. The predicted molar refractivity (Wildman–Crippen MR) is 81.7 cm³/mol. The average Bonchev–Trinajstić information content (AvgIpc) is 2.48. The zero-order chi connectivity index (χ0) is 15.4. The summed E-state index contributed by atoms with van der Waals surface area (Å²) in [5.74, 6) is -0.0236. The van der Waals surface area contributed by atoms with Crippen molar-refractivity contribution in [1.82, 2.24) is 0 Å². The molecule has 2 aromatic rings. The van der Waals surface area contributed by atoms with Crippen molar-refractivity contribution in [3.8, 4) is 11.5 Å². The molecule has 1 atom stereocenters. The highest BCUT2D eigenvalue weighted by Crippen LogP contribution is 2.26. The van der Waals surface area contributed by atoms with Crippen LogP contribution in [0.2, 0.25) is 0 Å². The maximum absolute atomic E-state index is 12.3. The van der Waals surface area contributed by atoms with E-state index >= 15 is 0 Å². The maximum atomic E-state index is 12.3. The first-order chi connectivity index (χ1) is 10.0. The van der Waals surface area contributed by atoms with E-state index in [1.165, 1.54) is 19.2 Å². The highest BCUT2D eigenvalue weighted by Gasteiger charge is 2.15. The number of carbonyl (C=O) groups is 1. The van der Waals surface area contributed by atoms with Gasteiger partial charge in [0.1, 0.15) is 11.5 Å². The largest absolute Gasteiger partial charge is 0.507 e. The van der Waals surface area contributed by atoms with Gasteiger partial charge >= 0.3 is 0 Å². The second kappa shape index (κ2) is 6.28. The van der Waals surface area contributed by atoms with E-state index in [2.05, 4.69) is 5.32 Å². The third kappa shape index (κ3) is 3.32. The van der Waals surface area contributed by atoms with E-state index in [9.17, 15) is 9.90 Å². The molecular formula is C16H18N2O3. The molecule has 0 saturated heterocycles. The molecule has 1 amide bonds. The Morgan fingerprint density at radius 1 is 1.29 bits per heavy atom. The molecule has 4 N–H and O–H groups in total. The van der Waals surface area contributed by atoms with Crippen molar-refractivity contribution in [3.05, 3.63) is 53.6 Å². The molecular weight excluding hydrogens is 268 g/mol. The van der Waals surface area contributed by atoms with Crippen LogP contribution in [0.15, 0.2) is 42.5 Å². The summed E-state index contributed by atoms with van der Waals surface area (Å²) in [7, 11) is 1.50. The molecule has 21 heavy (non-hydrogen) atoms. The number of anilines is 1. The average molecular weight is 286 g/mol. The molecule has 2 rings (SSSR count). The van der Waals surface area contributed by atoms with Crippen molar-refractivity contribution in [2.24, 2.45) is 5.73 Å². The molecule has 0 saturated carbocycles. The third-order valence-corrected chi connectivity index (χ3v) is 3.15. The van der Waals surface area contributed by atoms with Crippen molar-refractivity contribution in [1.29, 1.82) is 0 Å². The minimum atomic E-state index is -0.417. The summed E-state index contributed by atoms with van der Waals surface area (Å²) in [5.41, 5.74) is 7.48.